The number of rotatable bonds is 3. The molecule has 1 atom stereocenters. The predicted octanol–water partition coefficient (Wildman–Crippen LogP) is 4.27. The Hall–Kier alpha value is -1.55. The first-order valence-corrected chi connectivity index (χ1v) is 7.36. The molecule has 0 radical (unpaired) electrons. The van der Waals surface area contributed by atoms with E-state index in [4.69, 9.17) is 16.3 Å². The summed E-state index contributed by atoms with van der Waals surface area (Å²) in [6, 6.07) is 5.55. The predicted molar refractivity (Wildman–Crippen MR) is 84.3 cm³/mol. The van der Waals surface area contributed by atoms with Gasteiger partial charge in [-0.25, -0.2) is 4.98 Å². The summed E-state index contributed by atoms with van der Waals surface area (Å²) < 4.78 is 7.43. The molecule has 5 heteroatoms. The van der Waals surface area contributed by atoms with Crippen molar-refractivity contribution in [1.29, 1.82) is 0 Å². The molecule has 1 aromatic carbocycles. The summed E-state index contributed by atoms with van der Waals surface area (Å²) in [5.74, 6) is 0.509. The number of esters is 1. The molecule has 1 unspecified atom stereocenters. The van der Waals surface area contributed by atoms with Crippen molar-refractivity contribution >= 4 is 28.6 Å². The first kappa shape index (κ1) is 15.8. The van der Waals surface area contributed by atoms with Crippen LogP contribution in [0.1, 0.15) is 46.0 Å². The minimum absolute atomic E-state index is 0.0866. The second-order valence-corrected chi connectivity index (χ2v) is 6.97. The summed E-state index contributed by atoms with van der Waals surface area (Å²) in [5.41, 5.74) is 1.68. The van der Waals surface area contributed by atoms with E-state index in [2.05, 4.69) is 4.98 Å². The van der Waals surface area contributed by atoms with Crippen LogP contribution < -0.4 is 0 Å². The molecule has 0 bridgehead atoms. The molecule has 0 aliphatic heterocycles. The molecule has 2 rings (SSSR count). The number of carbonyl (C=O) groups excluding carboxylic acids is 1. The van der Waals surface area contributed by atoms with Gasteiger partial charge >= 0.3 is 5.97 Å². The van der Waals surface area contributed by atoms with E-state index in [1.807, 2.05) is 57.5 Å². The average molecular weight is 309 g/mol. The van der Waals surface area contributed by atoms with E-state index >= 15 is 0 Å². The van der Waals surface area contributed by atoms with Crippen molar-refractivity contribution in [3.63, 3.8) is 0 Å². The van der Waals surface area contributed by atoms with Crippen LogP contribution in [0, 0.1) is 5.41 Å². The molecule has 0 amide bonds. The maximum Gasteiger partial charge on any atom is 0.307 e. The quantitative estimate of drug-likeness (QED) is 0.795. The van der Waals surface area contributed by atoms with Crippen LogP contribution in [0.4, 0.5) is 0 Å². The lowest BCUT2D eigenvalue weighted by Gasteiger charge is -2.19. The van der Waals surface area contributed by atoms with E-state index in [-0.39, 0.29) is 11.4 Å². The van der Waals surface area contributed by atoms with Gasteiger partial charge in [0.1, 0.15) is 0 Å². The second-order valence-electron chi connectivity index (χ2n) is 6.53. The highest BCUT2D eigenvalue weighted by Crippen LogP contribution is 2.26. The standard InChI is InChI=1S/C16H21ClN2O2/c1-10(21-14(20)9-16(2,3)4)15-18-12-8-11(17)6-7-13(12)19(15)5/h6-8,10H,9H2,1-5H3. The van der Waals surface area contributed by atoms with Crippen LogP contribution in [0.15, 0.2) is 18.2 Å². The van der Waals surface area contributed by atoms with Gasteiger partial charge in [0.05, 0.1) is 17.5 Å². The lowest BCUT2D eigenvalue weighted by Crippen LogP contribution is -2.18. The Morgan fingerprint density at radius 1 is 1.43 bits per heavy atom. The molecule has 0 saturated heterocycles. The zero-order chi connectivity index (χ0) is 15.8. The van der Waals surface area contributed by atoms with Gasteiger partial charge < -0.3 is 9.30 Å². The van der Waals surface area contributed by atoms with E-state index in [1.165, 1.54) is 0 Å². The van der Waals surface area contributed by atoms with Crippen molar-refractivity contribution in [3.05, 3.63) is 29.0 Å². The van der Waals surface area contributed by atoms with Gasteiger partial charge in [-0.1, -0.05) is 32.4 Å². The third-order valence-electron chi connectivity index (χ3n) is 3.22. The fourth-order valence-corrected chi connectivity index (χ4v) is 2.45. The summed E-state index contributed by atoms with van der Waals surface area (Å²) in [4.78, 5) is 16.5. The highest BCUT2D eigenvalue weighted by atomic mass is 35.5. The van der Waals surface area contributed by atoms with Crippen LogP contribution in [-0.4, -0.2) is 15.5 Å². The van der Waals surface area contributed by atoms with Gasteiger partial charge in [0.25, 0.3) is 0 Å². The Morgan fingerprint density at radius 3 is 2.71 bits per heavy atom. The van der Waals surface area contributed by atoms with Crippen LogP contribution in [-0.2, 0) is 16.6 Å². The number of aromatic nitrogens is 2. The number of fused-ring (bicyclic) bond motifs is 1. The Bertz CT molecular complexity index is 671. The average Bonchev–Trinajstić information content (AvgIpc) is 2.63. The highest BCUT2D eigenvalue weighted by Gasteiger charge is 2.22. The second kappa shape index (κ2) is 5.68. The van der Waals surface area contributed by atoms with Crippen LogP contribution in [0.5, 0.6) is 0 Å². The molecular weight excluding hydrogens is 288 g/mol. The van der Waals surface area contributed by atoms with Crippen LogP contribution >= 0.6 is 11.6 Å². The maximum absolute atomic E-state index is 11.9. The summed E-state index contributed by atoms with van der Waals surface area (Å²) in [6.07, 6.45) is -0.0105. The molecular formula is C16H21ClN2O2. The Labute approximate surface area is 130 Å². The van der Waals surface area contributed by atoms with Crippen LogP contribution in [0.25, 0.3) is 11.0 Å². The van der Waals surface area contributed by atoms with E-state index in [0.29, 0.717) is 11.4 Å². The van der Waals surface area contributed by atoms with Gasteiger partial charge in [-0.2, -0.15) is 0 Å². The molecule has 0 spiro atoms. The third-order valence-corrected chi connectivity index (χ3v) is 3.46. The highest BCUT2D eigenvalue weighted by molar-refractivity contribution is 6.31. The number of carbonyl (C=O) groups is 1. The molecule has 21 heavy (non-hydrogen) atoms. The summed E-state index contributed by atoms with van der Waals surface area (Å²) >= 11 is 5.98. The topological polar surface area (TPSA) is 44.1 Å². The molecule has 114 valence electrons. The minimum atomic E-state index is -0.393. The first-order valence-electron chi connectivity index (χ1n) is 6.99. The number of nitrogens with zero attached hydrogens (tertiary/aromatic N) is 2. The van der Waals surface area contributed by atoms with Crippen molar-refractivity contribution < 1.29 is 9.53 Å². The first-order chi connectivity index (χ1) is 9.67. The van der Waals surface area contributed by atoms with Gasteiger partial charge in [-0.3, -0.25) is 4.79 Å². The molecule has 4 nitrogen and oxygen atoms in total. The van der Waals surface area contributed by atoms with Crippen LogP contribution in [0.3, 0.4) is 0 Å². The summed E-state index contributed by atoms with van der Waals surface area (Å²) in [7, 11) is 1.91. The maximum atomic E-state index is 11.9. The van der Waals surface area contributed by atoms with Crippen LogP contribution in [0.2, 0.25) is 5.02 Å². The van der Waals surface area contributed by atoms with Crippen molar-refractivity contribution in [1.82, 2.24) is 9.55 Å². The monoisotopic (exact) mass is 308 g/mol. The number of aryl methyl sites for hydroxylation is 1. The Kier molecular flexibility index (Phi) is 4.28. The van der Waals surface area contributed by atoms with Gasteiger partial charge in [-0.05, 0) is 30.5 Å². The number of hydrogen-bond donors (Lipinski definition) is 0. The molecule has 2 aromatic rings. The third kappa shape index (κ3) is 3.76. The molecule has 0 N–H and O–H groups in total. The SMILES string of the molecule is CC(OC(=O)CC(C)(C)C)c1nc2cc(Cl)ccc2n1C. The van der Waals surface area contributed by atoms with Crippen molar-refractivity contribution in [2.45, 2.75) is 40.2 Å². The minimum Gasteiger partial charge on any atom is -0.454 e. The lowest BCUT2D eigenvalue weighted by molar-refractivity contribution is -0.151. The van der Waals surface area contributed by atoms with Crippen molar-refractivity contribution in [2.75, 3.05) is 0 Å². The van der Waals surface area contributed by atoms with E-state index in [9.17, 15) is 4.79 Å². The van der Waals surface area contributed by atoms with Crippen molar-refractivity contribution in [3.8, 4) is 0 Å². The molecule has 0 aliphatic carbocycles. The zero-order valence-corrected chi connectivity index (χ0v) is 13.9. The molecule has 1 aromatic heterocycles. The van der Waals surface area contributed by atoms with Gasteiger partial charge in [0, 0.05) is 12.1 Å². The number of ether oxygens (including phenoxy) is 1. The molecule has 0 saturated carbocycles. The van der Waals surface area contributed by atoms with Gasteiger partial charge in [0.2, 0.25) is 0 Å². The Balaban J connectivity index is 2.21. The number of hydrogen-bond acceptors (Lipinski definition) is 3. The molecule has 0 fully saturated rings. The van der Waals surface area contributed by atoms with Gasteiger partial charge in [0.15, 0.2) is 11.9 Å². The molecule has 1 heterocycles. The molecule has 0 aliphatic rings. The summed E-state index contributed by atoms with van der Waals surface area (Å²) in [5, 5.41) is 0.643. The van der Waals surface area contributed by atoms with E-state index in [0.717, 1.165) is 16.9 Å². The zero-order valence-electron chi connectivity index (χ0n) is 13.1. The fourth-order valence-electron chi connectivity index (χ4n) is 2.28. The lowest BCUT2D eigenvalue weighted by atomic mass is 9.92. The van der Waals surface area contributed by atoms with Gasteiger partial charge in [-0.15, -0.1) is 0 Å². The van der Waals surface area contributed by atoms with E-state index < -0.39 is 6.10 Å². The van der Waals surface area contributed by atoms with E-state index in [1.54, 1.807) is 0 Å². The number of halogens is 1. The largest absolute Gasteiger partial charge is 0.454 e. The van der Waals surface area contributed by atoms with Crippen molar-refractivity contribution in [2.24, 2.45) is 12.5 Å². The number of benzene rings is 1. The normalized spacial score (nSPS) is 13.4. The fraction of sp³-hybridized carbons (Fsp3) is 0.500. The smallest absolute Gasteiger partial charge is 0.307 e. The summed E-state index contributed by atoms with van der Waals surface area (Å²) in [6.45, 7) is 7.87. The number of imidazole rings is 1. The Morgan fingerprint density at radius 2 is 2.10 bits per heavy atom.